The van der Waals surface area contributed by atoms with Crippen LogP contribution in [-0.2, 0) is 11.2 Å². The Morgan fingerprint density at radius 1 is 1.05 bits per heavy atom. The molecule has 39 heavy (non-hydrogen) atoms. The largest absolute Gasteiger partial charge is 0.370 e. The molecule has 4 heterocycles. The number of primary amides is 1. The minimum atomic E-state index is -0.400. The van der Waals surface area contributed by atoms with Gasteiger partial charge < -0.3 is 15.5 Å². The van der Waals surface area contributed by atoms with E-state index in [0.717, 1.165) is 25.0 Å². The van der Waals surface area contributed by atoms with E-state index in [1.807, 2.05) is 34.1 Å². The van der Waals surface area contributed by atoms with Gasteiger partial charge in [0, 0.05) is 48.6 Å². The summed E-state index contributed by atoms with van der Waals surface area (Å²) in [7, 11) is 0. The van der Waals surface area contributed by atoms with E-state index in [4.69, 9.17) is 15.8 Å². The van der Waals surface area contributed by atoms with Crippen LogP contribution in [0.25, 0.3) is 16.9 Å². The van der Waals surface area contributed by atoms with E-state index in [-0.39, 0.29) is 23.8 Å². The van der Waals surface area contributed by atoms with Crippen molar-refractivity contribution in [3.8, 4) is 11.3 Å². The number of halogens is 1. The van der Waals surface area contributed by atoms with Crippen molar-refractivity contribution in [2.75, 3.05) is 24.5 Å². The van der Waals surface area contributed by atoms with Gasteiger partial charge in [-0.3, -0.25) is 9.59 Å². The molecule has 2 aromatic carbocycles. The van der Waals surface area contributed by atoms with Crippen molar-refractivity contribution in [2.45, 2.75) is 38.1 Å². The number of carbonyl (C=O) groups excluding carboxylic acids is 2. The van der Waals surface area contributed by atoms with E-state index in [0.29, 0.717) is 53.8 Å². The van der Waals surface area contributed by atoms with Crippen molar-refractivity contribution in [3.05, 3.63) is 82.9 Å². The van der Waals surface area contributed by atoms with Gasteiger partial charge in [0.05, 0.1) is 17.7 Å². The second kappa shape index (κ2) is 8.90. The fourth-order valence-corrected chi connectivity index (χ4v) is 5.88. The second-order valence-corrected chi connectivity index (χ2v) is 10.9. The smallest absolute Gasteiger partial charge is 0.273 e. The molecule has 2 aromatic heterocycles. The maximum absolute atomic E-state index is 15.3. The predicted molar refractivity (Wildman–Crippen MR) is 145 cm³/mol. The van der Waals surface area contributed by atoms with Crippen molar-refractivity contribution in [2.24, 2.45) is 11.7 Å². The molecule has 4 aromatic rings. The molecule has 2 amide bonds. The highest BCUT2D eigenvalue weighted by Gasteiger charge is 2.33. The number of hydrogen-bond donors (Lipinski definition) is 1. The summed E-state index contributed by atoms with van der Waals surface area (Å²) in [5.41, 5.74) is 11.2. The fraction of sp³-hybridized carbons (Fsp3) is 0.333. The van der Waals surface area contributed by atoms with Gasteiger partial charge in [-0.05, 0) is 61.6 Å². The predicted octanol–water partition coefficient (Wildman–Crippen LogP) is 4.09. The van der Waals surface area contributed by atoms with Crippen LogP contribution in [-0.4, -0.2) is 50.9 Å². The first-order chi connectivity index (χ1) is 18.9. The first-order valence-corrected chi connectivity index (χ1v) is 13.5. The molecule has 0 spiro atoms. The Bertz CT molecular complexity index is 1640. The highest BCUT2D eigenvalue weighted by molar-refractivity contribution is 5.93. The molecule has 2 N–H and O–H groups in total. The van der Waals surface area contributed by atoms with Gasteiger partial charge in [-0.15, -0.1) is 0 Å². The SMILES string of the molecule is C[C@@H]1c2ccccc2CCN1C(=O)c1cc(C2CC2)n2nc(-c3ccc(N4CC(C(N)=O)C4)cc3F)cc2n1. The molecule has 1 saturated heterocycles. The Morgan fingerprint density at radius 2 is 1.85 bits per heavy atom. The van der Waals surface area contributed by atoms with Crippen LogP contribution in [0.3, 0.4) is 0 Å². The van der Waals surface area contributed by atoms with Crippen LogP contribution in [0.1, 0.15) is 59.0 Å². The highest BCUT2D eigenvalue weighted by Crippen LogP contribution is 2.41. The van der Waals surface area contributed by atoms with Crippen LogP contribution >= 0.6 is 0 Å². The Morgan fingerprint density at radius 3 is 2.59 bits per heavy atom. The third-order valence-corrected chi connectivity index (χ3v) is 8.40. The standard InChI is InChI=1S/C30H29FN6O2/c1-17-22-5-3-2-4-18(22)10-11-36(17)30(39)26-13-27(19-6-7-19)37-28(33-26)14-25(34-37)23-9-8-21(12-24(23)31)35-15-20(16-35)29(32)38/h2-5,8-9,12-14,17,19-20H,6-7,10-11,15-16H2,1H3,(H2,32,38)/t17-/m1/s1. The van der Waals surface area contributed by atoms with Gasteiger partial charge >= 0.3 is 0 Å². The van der Waals surface area contributed by atoms with Crippen molar-refractivity contribution in [3.63, 3.8) is 0 Å². The topological polar surface area (TPSA) is 96.8 Å². The summed E-state index contributed by atoms with van der Waals surface area (Å²) in [4.78, 5) is 33.6. The number of anilines is 1. The molecule has 2 aliphatic heterocycles. The summed E-state index contributed by atoms with van der Waals surface area (Å²) < 4.78 is 17.0. The Hall–Kier alpha value is -4.27. The van der Waals surface area contributed by atoms with Gasteiger partial charge in [-0.2, -0.15) is 5.10 Å². The van der Waals surface area contributed by atoms with E-state index < -0.39 is 5.82 Å². The average Bonchev–Trinajstić information content (AvgIpc) is 3.65. The second-order valence-electron chi connectivity index (χ2n) is 10.9. The first kappa shape index (κ1) is 23.8. The van der Waals surface area contributed by atoms with Gasteiger partial charge in [0.1, 0.15) is 11.5 Å². The minimum Gasteiger partial charge on any atom is -0.370 e. The van der Waals surface area contributed by atoms with E-state index in [1.54, 1.807) is 16.6 Å². The lowest BCUT2D eigenvalue weighted by Gasteiger charge is -2.39. The highest BCUT2D eigenvalue weighted by atomic mass is 19.1. The number of hydrogen-bond acceptors (Lipinski definition) is 5. The fourth-order valence-electron chi connectivity index (χ4n) is 5.88. The number of aromatic nitrogens is 3. The summed E-state index contributed by atoms with van der Waals surface area (Å²) in [5, 5.41) is 4.72. The summed E-state index contributed by atoms with van der Waals surface area (Å²) >= 11 is 0. The van der Waals surface area contributed by atoms with Crippen LogP contribution in [0.15, 0.2) is 54.6 Å². The molecular formula is C30H29FN6O2. The molecule has 3 aliphatic rings. The van der Waals surface area contributed by atoms with Crippen molar-refractivity contribution in [1.82, 2.24) is 19.5 Å². The third-order valence-electron chi connectivity index (χ3n) is 8.40. The lowest BCUT2D eigenvalue weighted by atomic mass is 9.93. The number of carbonyl (C=O) groups is 2. The van der Waals surface area contributed by atoms with Crippen molar-refractivity contribution in [1.29, 1.82) is 0 Å². The summed E-state index contributed by atoms with van der Waals surface area (Å²) in [6, 6.07) is 16.9. The number of benzene rings is 2. The van der Waals surface area contributed by atoms with Crippen LogP contribution in [0, 0.1) is 11.7 Å². The zero-order valence-electron chi connectivity index (χ0n) is 21.7. The van der Waals surface area contributed by atoms with Crippen molar-refractivity contribution < 1.29 is 14.0 Å². The van der Waals surface area contributed by atoms with E-state index in [9.17, 15) is 9.59 Å². The monoisotopic (exact) mass is 524 g/mol. The zero-order chi connectivity index (χ0) is 26.8. The summed E-state index contributed by atoms with van der Waals surface area (Å²) in [6.07, 6.45) is 2.87. The number of nitrogens with zero attached hydrogens (tertiary/aromatic N) is 5. The average molecular weight is 525 g/mol. The molecule has 1 saturated carbocycles. The number of fused-ring (bicyclic) bond motifs is 2. The summed E-state index contributed by atoms with van der Waals surface area (Å²) in [6.45, 7) is 3.69. The normalized spacial score (nSPS) is 19.2. The lowest BCUT2D eigenvalue weighted by Crippen LogP contribution is -2.52. The first-order valence-electron chi connectivity index (χ1n) is 13.5. The molecule has 0 radical (unpaired) electrons. The number of rotatable bonds is 5. The summed E-state index contributed by atoms with van der Waals surface area (Å²) in [5.74, 6) is -0.708. The third kappa shape index (κ3) is 4.04. The zero-order valence-corrected chi connectivity index (χ0v) is 21.7. The number of amides is 2. The number of nitrogens with two attached hydrogens (primary N) is 1. The van der Waals surface area contributed by atoms with Gasteiger partial charge in [-0.1, -0.05) is 24.3 Å². The Labute approximate surface area is 225 Å². The van der Waals surface area contributed by atoms with E-state index in [2.05, 4.69) is 19.1 Å². The molecule has 198 valence electrons. The van der Waals surface area contributed by atoms with Gasteiger partial charge in [0.25, 0.3) is 5.91 Å². The van der Waals surface area contributed by atoms with E-state index >= 15 is 4.39 Å². The molecule has 1 atom stereocenters. The molecule has 0 unspecified atom stereocenters. The molecule has 0 bridgehead atoms. The van der Waals surface area contributed by atoms with Crippen LogP contribution < -0.4 is 10.6 Å². The van der Waals surface area contributed by atoms with Gasteiger partial charge in [0.15, 0.2) is 5.65 Å². The molecule has 7 rings (SSSR count). The lowest BCUT2D eigenvalue weighted by molar-refractivity contribution is -0.122. The van der Waals surface area contributed by atoms with Crippen LogP contribution in [0.2, 0.25) is 0 Å². The maximum atomic E-state index is 15.3. The maximum Gasteiger partial charge on any atom is 0.273 e. The van der Waals surface area contributed by atoms with Crippen LogP contribution in [0.4, 0.5) is 10.1 Å². The van der Waals surface area contributed by atoms with Crippen molar-refractivity contribution >= 4 is 23.1 Å². The van der Waals surface area contributed by atoms with E-state index in [1.165, 1.54) is 17.2 Å². The molecule has 2 fully saturated rings. The molecule has 1 aliphatic carbocycles. The molecule has 9 heteroatoms. The minimum absolute atomic E-state index is 0.0393. The Balaban J connectivity index is 1.21. The van der Waals surface area contributed by atoms with Crippen LogP contribution in [0.5, 0.6) is 0 Å². The van der Waals surface area contributed by atoms with Gasteiger partial charge in [-0.25, -0.2) is 13.9 Å². The molecule has 8 nitrogen and oxygen atoms in total. The van der Waals surface area contributed by atoms with Gasteiger partial charge in [0.2, 0.25) is 5.91 Å². The quantitative estimate of drug-likeness (QED) is 0.424. The Kier molecular flexibility index (Phi) is 5.43. The molecular weight excluding hydrogens is 495 g/mol.